The molecule has 144 valence electrons. The number of likely N-dealkylation sites (tertiary alicyclic amines) is 1. The molecule has 0 spiro atoms. The molecule has 2 aliphatic rings. The summed E-state index contributed by atoms with van der Waals surface area (Å²) in [4.78, 5) is 15.9. The molecular formula is C21H26N2O3S. The Balaban J connectivity index is 1.48. The van der Waals surface area contributed by atoms with E-state index in [-0.39, 0.29) is 11.9 Å². The first-order valence-corrected chi connectivity index (χ1v) is 10.6. The van der Waals surface area contributed by atoms with Crippen molar-refractivity contribution in [3.05, 3.63) is 46.2 Å². The van der Waals surface area contributed by atoms with Gasteiger partial charge in [0.25, 0.3) is 5.91 Å². The number of carbonyl (C=O) groups is 1. The van der Waals surface area contributed by atoms with Gasteiger partial charge < -0.3 is 14.8 Å². The van der Waals surface area contributed by atoms with Gasteiger partial charge in [-0.1, -0.05) is 43.2 Å². The lowest BCUT2D eigenvalue weighted by Gasteiger charge is -2.31. The SMILES string of the molecule is O=C(NC[C@H](c1ccccc1)N1CCCCCC1)c1scc2c1OCCO2. The van der Waals surface area contributed by atoms with Gasteiger partial charge in [0.05, 0.1) is 6.04 Å². The first kappa shape index (κ1) is 18.3. The quantitative estimate of drug-likeness (QED) is 0.848. The molecule has 6 heteroatoms. The van der Waals surface area contributed by atoms with Crippen molar-refractivity contribution in [3.8, 4) is 11.5 Å². The van der Waals surface area contributed by atoms with Crippen LogP contribution >= 0.6 is 11.3 Å². The highest BCUT2D eigenvalue weighted by molar-refractivity contribution is 7.12. The molecule has 0 saturated carbocycles. The number of hydrogen-bond donors (Lipinski definition) is 1. The number of nitrogens with zero attached hydrogens (tertiary/aromatic N) is 1. The second-order valence-corrected chi connectivity index (χ2v) is 7.92. The molecule has 0 bridgehead atoms. The molecule has 1 amide bonds. The highest BCUT2D eigenvalue weighted by atomic mass is 32.1. The molecule has 4 rings (SSSR count). The Kier molecular flexibility index (Phi) is 5.94. The molecule has 2 aliphatic heterocycles. The highest BCUT2D eigenvalue weighted by Gasteiger charge is 2.26. The zero-order valence-electron chi connectivity index (χ0n) is 15.5. The zero-order chi connectivity index (χ0) is 18.5. The normalized spacial score (nSPS) is 18.5. The molecule has 1 atom stereocenters. The third-order valence-corrected chi connectivity index (χ3v) is 6.17. The summed E-state index contributed by atoms with van der Waals surface area (Å²) in [5.41, 5.74) is 1.26. The molecular weight excluding hydrogens is 360 g/mol. The van der Waals surface area contributed by atoms with Gasteiger partial charge in [-0.15, -0.1) is 11.3 Å². The Labute approximate surface area is 164 Å². The average molecular weight is 387 g/mol. The minimum absolute atomic E-state index is 0.0810. The maximum absolute atomic E-state index is 12.8. The Bertz CT molecular complexity index is 754. The van der Waals surface area contributed by atoms with E-state index in [0.717, 1.165) is 13.1 Å². The maximum atomic E-state index is 12.8. The van der Waals surface area contributed by atoms with E-state index in [1.807, 2.05) is 11.4 Å². The van der Waals surface area contributed by atoms with Crippen LogP contribution in [0.25, 0.3) is 0 Å². The van der Waals surface area contributed by atoms with E-state index < -0.39 is 0 Å². The number of amides is 1. The van der Waals surface area contributed by atoms with Gasteiger partial charge in [-0.3, -0.25) is 9.69 Å². The summed E-state index contributed by atoms with van der Waals surface area (Å²) in [6.07, 6.45) is 5.04. The number of fused-ring (bicyclic) bond motifs is 1. The van der Waals surface area contributed by atoms with E-state index in [9.17, 15) is 4.79 Å². The van der Waals surface area contributed by atoms with Crippen LogP contribution in [-0.2, 0) is 0 Å². The fourth-order valence-electron chi connectivity index (χ4n) is 3.83. The summed E-state index contributed by atoms with van der Waals surface area (Å²) in [5, 5.41) is 5.00. The monoisotopic (exact) mass is 386 g/mol. The Morgan fingerprint density at radius 1 is 1.07 bits per heavy atom. The van der Waals surface area contributed by atoms with Crippen molar-refractivity contribution in [1.29, 1.82) is 0 Å². The molecule has 0 aliphatic carbocycles. The molecule has 3 heterocycles. The number of nitrogens with one attached hydrogen (secondary N) is 1. The Morgan fingerprint density at radius 2 is 1.81 bits per heavy atom. The van der Waals surface area contributed by atoms with Crippen molar-refractivity contribution < 1.29 is 14.3 Å². The second kappa shape index (κ2) is 8.76. The fourth-order valence-corrected chi connectivity index (χ4v) is 4.67. The predicted molar refractivity (Wildman–Crippen MR) is 107 cm³/mol. The van der Waals surface area contributed by atoms with Crippen molar-refractivity contribution in [3.63, 3.8) is 0 Å². The molecule has 0 radical (unpaired) electrons. The van der Waals surface area contributed by atoms with Gasteiger partial charge in [-0.05, 0) is 31.5 Å². The van der Waals surface area contributed by atoms with Gasteiger partial charge in [-0.2, -0.15) is 0 Å². The van der Waals surface area contributed by atoms with Crippen LogP contribution in [0.15, 0.2) is 35.7 Å². The van der Waals surface area contributed by atoms with Crippen LogP contribution < -0.4 is 14.8 Å². The second-order valence-electron chi connectivity index (χ2n) is 7.04. The molecule has 1 N–H and O–H groups in total. The van der Waals surface area contributed by atoms with Crippen LogP contribution in [0.2, 0.25) is 0 Å². The summed E-state index contributed by atoms with van der Waals surface area (Å²) in [5.74, 6) is 1.20. The summed E-state index contributed by atoms with van der Waals surface area (Å²) in [7, 11) is 0. The molecule has 2 aromatic rings. The molecule has 5 nitrogen and oxygen atoms in total. The van der Waals surface area contributed by atoms with E-state index in [1.165, 1.54) is 42.6 Å². The first-order valence-electron chi connectivity index (χ1n) is 9.77. The van der Waals surface area contributed by atoms with Gasteiger partial charge >= 0.3 is 0 Å². The lowest BCUT2D eigenvalue weighted by atomic mass is 10.0. The highest BCUT2D eigenvalue weighted by Crippen LogP contribution is 2.39. The van der Waals surface area contributed by atoms with Crippen molar-refractivity contribution in [2.75, 3.05) is 32.8 Å². The fraction of sp³-hybridized carbons (Fsp3) is 0.476. The number of hydrogen-bond acceptors (Lipinski definition) is 5. The van der Waals surface area contributed by atoms with E-state index in [4.69, 9.17) is 9.47 Å². The number of benzene rings is 1. The van der Waals surface area contributed by atoms with Gasteiger partial charge in [0.2, 0.25) is 0 Å². The Morgan fingerprint density at radius 3 is 2.59 bits per heavy atom. The molecule has 1 aromatic heterocycles. The summed E-state index contributed by atoms with van der Waals surface area (Å²) in [6, 6.07) is 10.7. The minimum atomic E-state index is -0.0810. The molecule has 1 fully saturated rings. The van der Waals surface area contributed by atoms with Crippen molar-refractivity contribution in [1.82, 2.24) is 10.2 Å². The number of thiophene rings is 1. The summed E-state index contributed by atoms with van der Waals surface area (Å²) < 4.78 is 11.2. The van der Waals surface area contributed by atoms with E-state index in [0.29, 0.717) is 36.1 Å². The van der Waals surface area contributed by atoms with E-state index in [2.05, 4.69) is 34.5 Å². The van der Waals surface area contributed by atoms with Crippen LogP contribution in [0.5, 0.6) is 11.5 Å². The van der Waals surface area contributed by atoms with Crippen LogP contribution in [0.4, 0.5) is 0 Å². The number of rotatable bonds is 5. The average Bonchev–Trinajstić information content (AvgIpc) is 2.96. The standard InChI is InChI=1S/C21H26N2O3S/c24-21(20-19-18(15-27-20)25-12-13-26-19)22-14-17(16-8-4-3-5-9-16)23-10-6-1-2-7-11-23/h3-5,8-9,15,17H,1-2,6-7,10-14H2,(H,22,24)/t17-/m1/s1. The van der Waals surface area contributed by atoms with Crippen molar-refractivity contribution >= 4 is 17.2 Å². The van der Waals surface area contributed by atoms with Crippen LogP contribution in [0.3, 0.4) is 0 Å². The summed E-state index contributed by atoms with van der Waals surface area (Å²) >= 11 is 1.38. The largest absolute Gasteiger partial charge is 0.485 e. The van der Waals surface area contributed by atoms with E-state index >= 15 is 0 Å². The summed E-state index contributed by atoms with van der Waals surface area (Å²) in [6.45, 7) is 3.79. The zero-order valence-corrected chi connectivity index (χ0v) is 16.3. The van der Waals surface area contributed by atoms with E-state index in [1.54, 1.807) is 0 Å². The first-order chi connectivity index (χ1) is 13.3. The van der Waals surface area contributed by atoms with Crippen LogP contribution in [-0.4, -0.2) is 43.7 Å². The molecule has 1 saturated heterocycles. The smallest absolute Gasteiger partial charge is 0.265 e. The Hall–Kier alpha value is -2.05. The molecule has 1 aromatic carbocycles. The third kappa shape index (κ3) is 4.28. The topological polar surface area (TPSA) is 50.8 Å². The predicted octanol–water partition coefficient (Wildman–Crippen LogP) is 3.87. The van der Waals surface area contributed by atoms with Crippen molar-refractivity contribution in [2.45, 2.75) is 31.7 Å². The van der Waals surface area contributed by atoms with Crippen molar-refractivity contribution in [2.24, 2.45) is 0 Å². The lowest BCUT2D eigenvalue weighted by molar-refractivity contribution is 0.0928. The molecule has 0 unspecified atom stereocenters. The number of ether oxygens (including phenoxy) is 2. The number of carbonyl (C=O) groups excluding carboxylic acids is 1. The van der Waals surface area contributed by atoms with Crippen LogP contribution in [0.1, 0.15) is 47.0 Å². The van der Waals surface area contributed by atoms with Gasteiger partial charge in [0.1, 0.15) is 18.1 Å². The lowest BCUT2D eigenvalue weighted by Crippen LogP contribution is -2.38. The molecule has 27 heavy (non-hydrogen) atoms. The van der Waals surface area contributed by atoms with Gasteiger partial charge in [0, 0.05) is 11.9 Å². The maximum Gasteiger partial charge on any atom is 0.265 e. The van der Waals surface area contributed by atoms with Gasteiger partial charge in [-0.25, -0.2) is 0 Å². The minimum Gasteiger partial charge on any atom is -0.485 e. The third-order valence-electron chi connectivity index (χ3n) is 5.23. The van der Waals surface area contributed by atoms with Gasteiger partial charge in [0.15, 0.2) is 11.5 Å². The van der Waals surface area contributed by atoms with Crippen LogP contribution in [0, 0.1) is 0 Å².